The summed E-state index contributed by atoms with van der Waals surface area (Å²) in [6.07, 6.45) is 3.13. The van der Waals surface area contributed by atoms with Crippen LogP contribution in [0.1, 0.15) is 40.0 Å². The first-order valence-electron chi connectivity index (χ1n) is 4.52. The van der Waals surface area contributed by atoms with Crippen molar-refractivity contribution in [1.29, 1.82) is 0 Å². The lowest BCUT2D eigenvalue weighted by molar-refractivity contribution is -0.174. The molecule has 3 aliphatic carbocycles. The molecule has 11 heavy (non-hydrogen) atoms. The molecule has 1 heteroatoms. The van der Waals surface area contributed by atoms with Crippen LogP contribution in [0.4, 0.5) is 0 Å². The molecule has 3 aliphatic rings. The Morgan fingerprint density at radius 2 is 2.00 bits per heavy atom. The molecule has 0 amide bonds. The second-order valence-corrected chi connectivity index (χ2v) is 4.92. The van der Waals surface area contributed by atoms with Crippen molar-refractivity contribution < 1.29 is 4.79 Å². The minimum atomic E-state index is 0.0376. The van der Waals surface area contributed by atoms with E-state index in [1.54, 1.807) is 0 Å². The lowest BCUT2D eigenvalue weighted by Crippen LogP contribution is -2.60. The van der Waals surface area contributed by atoms with Gasteiger partial charge in [-0.3, -0.25) is 4.79 Å². The largest absolute Gasteiger partial charge is 0.299 e. The minimum Gasteiger partial charge on any atom is -0.299 e. The number of hydrogen-bond donors (Lipinski definition) is 0. The van der Waals surface area contributed by atoms with Crippen LogP contribution in [-0.4, -0.2) is 5.78 Å². The molecule has 0 unspecified atom stereocenters. The normalized spacial score (nSPS) is 46.8. The average Bonchev–Trinajstić information content (AvgIpc) is 1.94. The third-order valence-electron chi connectivity index (χ3n) is 4.43. The molecule has 0 aromatic carbocycles. The Hall–Kier alpha value is -0.330. The van der Waals surface area contributed by atoms with Gasteiger partial charge < -0.3 is 0 Å². The van der Waals surface area contributed by atoms with E-state index in [0.29, 0.717) is 11.2 Å². The molecule has 62 valence electrons. The number of rotatable bonds is 0. The average molecular weight is 152 g/mol. The lowest BCUT2D eigenvalue weighted by Gasteiger charge is -2.63. The molecule has 1 nitrogen and oxygen atoms in total. The van der Waals surface area contributed by atoms with Gasteiger partial charge >= 0.3 is 0 Å². The van der Waals surface area contributed by atoms with Gasteiger partial charge in [-0.2, -0.15) is 0 Å². The Kier molecular flexibility index (Phi) is 1.13. The lowest BCUT2D eigenvalue weighted by atomic mass is 9.40. The van der Waals surface area contributed by atoms with Crippen LogP contribution >= 0.6 is 0 Å². The van der Waals surface area contributed by atoms with Gasteiger partial charge in [-0.25, -0.2) is 0 Å². The zero-order valence-electron chi connectivity index (χ0n) is 7.61. The first-order chi connectivity index (χ1) is 4.98. The molecule has 2 atom stereocenters. The topological polar surface area (TPSA) is 17.1 Å². The van der Waals surface area contributed by atoms with Crippen molar-refractivity contribution in [2.24, 2.45) is 16.7 Å². The van der Waals surface area contributed by atoms with Crippen LogP contribution in [0.2, 0.25) is 0 Å². The molecular weight excluding hydrogens is 136 g/mol. The second kappa shape index (κ2) is 1.70. The maximum Gasteiger partial charge on any atom is 0.139 e. The second-order valence-electron chi connectivity index (χ2n) is 4.92. The van der Waals surface area contributed by atoms with Crippen LogP contribution in [0.25, 0.3) is 0 Å². The van der Waals surface area contributed by atoms with Crippen LogP contribution < -0.4 is 0 Å². The van der Waals surface area contributed by atoms with Crippen molar-refractivity contribution in [1.82, 2.24) is 0 Å². The predicted octanol–water partition coefficient (Wildman–Crippen LogP) is 2.40. The first kappa shape index (κ1) is 7.33. The Balaban J connectivity index is 2.36. The molecule has 2 bridgehead atoms. The molecule has 3 saturated carbocycles. The van der Waals surface area contributed by atoms with Crippen LogP contribution in [-0.2, 0) is 4.79 Å². The van der Waals surface area contributed by atoms with Gasteiger partial charge in [0.2, 0.25) is 0 Å². The van der Waals surface area contributed by atoms with Crippen molar-refractivity contribution in [3.63, 3.8) is 0 Å². The fourth-order valence-corrected chi connectivity index (χ4v) is 2.85. The summed E-state index contributed by atoms with van der Waals surface area (Å²) in [7, 11) is 0. The van der Waals surface area contributed by atoms with Gasteiger partial charge in [0.15, 0.2) is 0 Å². The maximum absolute atomic E-state index is 11.6. The van der Waals surface area contributed by atoms with Gasteiger partial charge in [-0.05, 0) is 24.2 Å². The van der Waals surface area contributed by atoms with E-state index in [1.165, 1.54) is 0 Å². The van der Waals surface area contributed by atoms with Crippen molar-refractivity contribution in [2.75, 3.05) is 0 Å². The summed E-state index contributed by atoms with van der Waals surface area (Å²) >= 11 is 0. The number of Topliss-reactive ketones (excluding diaryl/α,β-unsaturated/α-hetero) is 1. The molecule has 0 aromatic rings. The van der Waals surface area contributed by atoms with E-state index in [4.69, 9.17) is 0 Å². The van der Waals surface area contributed by atoms with E-state index in [9.17, 15) is 4.79 Å². The van der Waals surface area contributed by atoms with Gasteiger partial charge in [0.25, 0.3) is 0 Å². The molecule has 0 aromatic heterocycles. The van der Waals surface area contributed by atoms with Crippen molar-refractivity contribution >= 4 is 5.78 Å². The zero-order chi connectivity index (χ0) is 8.28. The number of hydrogen-bond acceptors (Lipinski definition) is 1. The monoisotopic (exact) mass is 152 g/mol. The standard InChI is InChI=1S/C10H16O/c1-9(2)7-4-5-8(11)10(9,3)6-7/h7H,4-6H2,1-3H3/t7-,10-/m1/s1. The van der Waals surface area contributed by atoms with E-state index in [-0.39, 0.29) is 5.41 Å². The molecule has 0 N–H and O–H groups in total. The summed E-state index contributed by atoms with van der Waals surface area (Å²) in [5.74, 6) is 1.33. The van der Waals surface area contributed by atoms with Gasteiger partial charge in [-0.15, -0.1) is 0 Å². The quantitative estimate of drug-likeness (QED) is 0.521. The smallest absolute Gasteiger partial charge is 0.139 e. The number of carbonyl (C=O) groups excluding carboxylic acids is 1. The molecule has 0 saturated heterocycles. The molecule has 0 radical (unpaired) electrons. The highest BCUT2D eigenvalue weighted by Gasteiger charge is 2.62. The van der Waals surface area contributed by atoms with Crippen molar-refractivity contribution in [3.05, 3.63) is 0 Å². The van der Waals surface area contributed by atoms with Gasteiger partial charge in [0, 0.05) is 11.8 Å². The Morgan fingerprint density at radius 1 is 1.36 bits per heavy atom. The van der Waals surface area contributed by atoms with E-state index < -0.39 is 0 Å². The van der Waals surface area contributed by atoms with E-state index in [2.05, 4.69) is 20.8 Å². The first-order valence-corrected chi connectivity index (χ1v) is 4.52. The third-order valence-corrected chi connectivity index (χ3v) is 4.43. The molecule has 0 spiro atoms. The summed E-state index contributed by atoms with van der Waals surface area (Å²) in [5, 5.41) is 0. The number of fused-ring (bicyclic) bond motifs is 2. The maximum atomic E-state index is 11.6. The summed E-state index contributed by atoms with van der Waals surface area (Å²) in [6, 6.07) is 0. The Bertz CT molecular complexity index is 217. The van der Waals surface area contributed by atoms with Crippen LogP contribution in [0, 0.1) is 16.7 Å². The van der Waals surface area contributed by atoms with Crippen LogP contribution in [0.15, 0.2) is 0 Å². The van der Waals surface area contributed by atoms with Gasteiger partial charge in [-0.1, -0.05) is 20.8 Å². The third kappa shape index (κ3) is 0.605. The Labute approximate surface area is 68.2 Å². The highest BCUT2D eigenvalue weighted by Crippen LogP contribution is 2.65. The number of ketones is 1. The number of carbonyl (C=O) groups is 1. The minimum absolute atomic E-state index is 0.0376. The highest BCUT2D eigenvalue weighted by molar-refractivity contribution is 5.88. The summed E-state index contributed by atoms with van der Waals surface area (Å²) in [6.45, 7) is 6.64. The fourth-order valence-electron chi connectivity index (χ4n) is 2.85. The van der Waals surface area contributed by atoms with Gasteiger partial charge in [0.05, 0.1) is 0 Å². The van der Waals surface area contributed by atoms with Crippen molar-refractivity contribution in [2.45, 2.75) is 40.0 Å². The molecule has 3 fully saturated rings. The van der Waals surface area contributed by atoms with E-state index in [0.717, 1.165) is 25.2 Å². The van der Waals surface area contributed by atoms with Gasteiger partial charge in [0.1, 0.15) is 5.78 Å². The van der Waals surface area contributed by atoms with Crippen LogP contribution in [0.5, 0.6) is 0 Å². The fraction of sp³-hybridized carbons (Fsp3) is 0.900. The van der Waals surface area contributed by atoms with Crippen LogP contribution in [0.3, 0.4) is 0 Å². The molecule has 0 heterocycles. The molecule has 0 aliphatic heterocycles. The van der Waals surface area contributed by atoms with E-state index >= 15 is 0 Å². The summed E-state index contributed by atoms with van der Waals surface area (Å²) in [4.78, 5) is 11.6. The predicted molar refractivity (Wildman–Crippen MR) is 44.2 cm³/mol. The highest BCUT2D eigenvalue weighted by atomic mass is 16.1. The summed E-state index contributed by atoms with van der Waals surface area (Å²) in [5.41, 5.74) is 0.332. The van der Waals surface area contributed by atoms with E-state index in [1.807, 2.05) is 0 Å². The van der Waals surface area contributed by atoms with Crippen molar-refractivity contribution in [3.8, 4) is 0 Å². The SMILES string of the molecule is CC1(C)[C@@H]2CCC(=O)[C@@]1(C)C2. The zero-order valence-corrected chi connectivity index (χ0v) is 7.61. The molecule has 3 rings (SSSR count). The molecular formula is C10H16O. The summed E-state index contributed by atoms with van der Waals surface area (Å²) < 4.78 is 0. The Morgan fingerprint density at radius 3 is 2.36 bits per heavy atom.